The number of nitrogens with two attached hydrogens (primary N) is 1. The van der Waals surface area contributed by atoms with Crippen LogP contribution in [0.3, 0.4) is 0 Å². The number of aliphatic hydroxyl groups excluding tert-OH is 1. The SMILES string of the molecule is Cc1cc(C(O)C(CN)c2cccc(Cl)c2)ccc1Cl. The summed E-state index contributed by atoms with van der Waals surface area (Å²) in [5, 5.41) is 11.9. The number of aryl methyl sites for hydroxylation is 1. The molecular formula is C16H17Cl2NO. The van der Waals surface area contributed by atoms with Crippen molar-refractivity contribution >= 4 is 23.2 Å². The Balaban J connectivity index is 2.33. The van der Waals surface area contributed by atoms with Gasteiger partial charge < -0.3 is 10.8 Å². The van der Waals surface area contributed by atoms with E-state index in [1.165, 1.54) is 0 Å². The van der Waals surface area contributed by atoms with Gasteiger partial charge in [0.25, 0.3) is 0 Å². The van der Waals surface area contributed by atoms with Crippen LogP contribution in [-0.4, -0.2) is 11.7 Å². The smallest absolute Gasteiger partial charge is 0.0870 e. The van der Waals surface area contributed by atoms with Crippen LogP contribution in [0.15, 0.2) is 42.5 Å². The first kappa shape index (κ1) is 15.3. The van der Waals surface area contributed by atoms with Crippen molar-refractivity contribution in [2.75, 3.05) is 6.54 Å². The minimum atomic E-state index is -0.686. The van der Waals surface area contributed by atoms with E-state index in [-0.39, 0.29) is 5.92 Å². The third-order valence-corrected chi connectivity index (χ3v) is 4.09. The highest BCUT2D eigenvalue weighted by Crippen LogP contribution is 2.32. The van der Waals surface area contributed by atoms with Crippen molar-refractivity contribution in [3.05, 3.63) is 69.2 Å². The summed E-state index contributed by atoms with van der Waals surface area (Å²) in [5.74, 6) is -0.200. The number of aliphatic hydroxyl groups is 1. The molecule has 20 heavy (non-hydrogen) atoms. The molecule has 4 heteroatoms. The molecule has 2 aromatic rings. The molecule has 3 N–H and O–H groups in total. The highest BCUT2D eigenvalue weighted by atomic mass is 35.5. The fourth-order valence-electron chi connectivity index (χ4n) is 2.27. The maximum atomic E-state index is 10.6. The first-order valence-corrected chi connectivity index (χ1v) is 7.18. The number of halogens is 2. The zero-order valence-corrected chi connectivity index (χ0v) is 12.7. The van der Waals surface area contributed by atoms with E-state index in [1.54, 1.807) is 12.1 Å². The van der Waals surface area contributed by atoms with E-state index in [4.69, 9.17) is 28.9 Å². The number of hydrogen-bond donors (Lipinski definition) is 2. The number of rotatable bonds is 4. The summed E-state index contributed by atoms with van der Waals surface area (Å²) in [6.45, 7) is 2.25. The Kier molecular flexibility index (Phi) is 5.06. The van der Waals surface area contributed by atoms with E-state index < -0.39 is 6.10 Å². The number of hydrogen-bond acceptors (Lipinski definition) is 2. The molecule has 106 valence electrons. The molecule has 0 saturated carbocycles. The summed E-state index contributed by atoms with van der Waals surface area (Å²) in [6.07, 6.45) is -0.686. The zero-order valence-electron chi connectivity index (χ0n) is 11.2. The van der Waals surface area contributed by atoms with Crippen molar-refractivity contribution in [2.24, 2.45) is 5.73 Å². The molecule has 2 unspecified atom stereocenters. The summed E-state index contributed by atoms with van der Waals surface area (Å²) < 4.78 is 0. The summed E-state index contributed by atoms with van der Waals surface area (Å²) in [6, 6.07) is 12.9. The fourth-order valence-corrected chi connectivity index (χ4v) is 2.58. The van der Waals surface area contributed by atoms with Gasteiger partial charge in [-0.3, -0.25) is 0 Å². The van der Waals surface area contributed by atoms with Crippen LogP contribution in [-0.2, 0) is 0 Å². The van der Waals surface area contributed by atoms with E-state index in [1.807, 2.05) is 37.3 Å². The number of benzene rings is 2. The lowest BCUT2D eigenvalue weighted by Gasteiger charge is -2.23. The molecule has 2 rings (SSSR count). The van der Waals surface area contributed by atoms with Crippen LogP contribution < -0.4 is 5.73 Å². The molecule has 2 nitrogen and oxygen atoms in total. The van der Waals surface area contributed by atoms with Crippen LogP contribution in [0.5, 0.6) is 0 Å². The minimum Gasteiger partial charge on any atom is -0.388 e. The van der Waals surface area contributed by atoms with Gasteiger partial charge in [0.05, 0.1) is 6.10 Å². The molecule has 0 saturated heterocycles. The molecule has 2 atom stereocenters. The monoisotopic (exact) mass is 309 g/mol. The Morgan fingerprint density at radius 1 is 1.10 bits per heavy atom. The predicted octanol–water partition coefficient (Wildman–Crippen LogP) is 4.08. The topological polar surface area (TPSA) is 46.2 Å². The van der Waals surface area contributed by atoms with Crippen LogP contribution in [0.1, 0.15) is 28.7 Å². The summed E-state index contributed by atoms with van der Waals surface area (Å²) in [4.78, 5) is 0. The molecule has 0 spiro atoms. The lowest BCUT2D eigenvalue weighted by molar-refractivity contribution is 0.147. The molecule has 0 bridgehead atoms. The van der Waals surface area contributed by atoms with Crippen LogP contribution >= 0.6 is 23.2 Å². The molecule has 0 amide bonds. The van der Waals surface area contributed by atoms with Gasteiger partial charge in [-0.1, -0.05) is 47.5 Å². The average Bonchev–Trinajstić information content (AvgIpc) is 2.42. The van der Waals surface area contributed by atoms with Crippen molar-refractivity contribution in [2.45, 2.75) is 18.9 Å². The Morgan fingerprint density at radius 2 is 1.85 bits per heavy atom. The van der Waals surface area contributed by atoms with Gasteiger partial charge in [0.2, 0.25) is 0 Å². The second-order valence-corrected chi connectivity index (χ2v) is 5.69. The second-order valence-electron chi connectivity index (χ2n) is 4.85. The Labute approximate surface area is 129 Å². The van der Waals surface area contributed by atoms with E-state index >= 15 is 0 Å². The maximum Gasteiger partial charge on any atom is 0.0870 e. The third-order valence-electron chi connectivity index (χ3n) is 3.44. The average molecular weight is 310 g/mol. The summed E-state index contributed by atoms with van der Waals surface area (Å²) in [5.41, 5.74) is 8.51. The highest BCUT2D eigenvalue weighted by molar-refractivity contribution is 6.31. The van der Waals surface area contributed by atoms with Crippen molar-refractivity contribution < 1.29 is 5.11 Å². The molecule has 0 aliphatic rings. The Morgan fingerprint density at radius 3 is 2.45 bits per heavy atom. The van der Waals surface area contributed by atoms with Crippen LogP contribution in [0.2, 0.25) is 10.0 Å². The summed E-state index contributed by atoms with van der Waals surface area (Å²) >= 11 is 12.0. The van der Waals surface area contributed by atoms with Gasteiger partial charge in [-0.2, -0.15) is 0 Å². The van der Waals surface area contributed by atoms with E-state index in [9.17, 15) is 5.11 Å². The molecule has 0 aliphatic heterocycles. The summed E-state index contributed by atoms with van der Waals surface area (Å²) in [7, 11) is 0. The zero-order chi connectivity index (χ0) is 14.7. The largest absolute Gasteiger partial charge is 0.388 e. The quantitative estimate of drug-likeness (QED) is 0.894. The van der Waals surface area contributed by atoms with Crippen LogP contribution in [0.4, 0.5) is 0 Å². The van der Waals surface area contributed by atoms with E-state index in [0.717, 1.165) is 16.7 Å². The van der Waals surface area contributed by atoms with Crippen molar-refractivity contribution in [3.63, 3.8) is 0 Å². The Bertz CT molecular complexity index is 601. The van der Waals surface area contributed by atoms with E-state index in [2.05, 4.69) is 0 Å². The third kappa shape index (κ3) is 3.33. The molecule has 0 heterocycles. The minimum absolute atomic E-state index is 0.200. The van der Waals surface area contributed by atoms with Crippen LogP contribution in [0, 0.1) is 6.92 Å². The molecule has 0 aliphatic carbocycles. The van der Waals surface area contributed by atoms with Gasteiger partial charge in [0.1, 0.15) is 0 Å². The van der Waals surface area contributed by atoms with Gasteiger partial charge in [-0.25, -0.2) is 0 Å². The lowest BCUT2D eigenvalue weighted by Crippen LogP contribution is -2.20. The second kappa shape index (κ2) is 6.59. The Hall–Kier alpha value is -1.06. The lowest BCUT2D eigenvalue weighted by atomic mass is 9.89. The van der Waals surface area contributed by atoms with Crippen molar-refractivity contribution in [1.82, 2.24) is 0 Å². The molecule has 2 aromatic carbocycles. The van der Waals surface area contributed by atoms with Crippen molar-refractivity contribution in [3.8, 4) is 0 Å². The van der Waals surface area contributed by atoms with Crippen LogP contribution in [0.25, 0.3) is 0 Å². The molecule has 0 aromatic heterocycles. The van der Waals surface area contributed by atoms with Gasteiger partial charge in [-0.05, 0) is 41.8 Å². The first-order valence-electron chi connectivity index (χ1n) is 6.42. The standard InChI is InChI=1S/C16H17Cl2NO/c1-10-7-12(5-6-15(10)18)16(20)14(9-19)11-3-2-4-13(17)8-11/h2-8,14,16,20H,9,19H2,1H3. The maximum absolute atomic E-state index is 10.6. The highest BCUT2D eigenvalue weighted by Gasteiger charge is 2.22. The predicted molar refractivity (Wildman–Crippen MR) is 84.4 cm³/mol. The molecular weight excluding hydrogens is 293 g/mol. The molecule has 0 radical (unpaired) electrons. The first-order chi connectivity index (χ1) is 9.52. The van der Waals surface area contributed by atoms with Gasteiger partial charge >= 0.3 is 0 Å². The van der Waals surface area contributed by atoms with E-state index in [0.29, 0.717) is 16.6 Å². The van der Waals surface area contributed by atoms with Crippen molar-refractivity contribution in [1.29, 1.82) is 0 Å². The van der Waals surface area contributed by atoms with Gasteiger partial charge in [0.15, 0.2) is 0 Å². The van der Waals surface area contributed by atoms with Gasteiger partial charge in [-0.15, -0.1) is 0 Å². The van der Waals surface area contributed by atoms with Gasteiger partial charge in [0, 0.05) is 22.5 Å². The fraction of sp³-hybridized carbons (Fsp3) is 0.250. The normalized spacial score (nSPS) is 14.1. The molecule has 0 fully saturated rings.